The van der Waals surface area contributed by atoms with Crippen molar-refractivity contribution >= 4 is 11.8 Å². The van der Waals surface area contributed by atoms with Crippen molar-refractivity contribution in [2.24, 2.45) is 0 Å². The van der Waals surface area contributed by atoms with E-state index >= 15 is 0 Å². The Morgan fingerprint density at radius 1 is 1.69 bits per heavy atom. The van der Waals surface area contributed by atoms with E-state index in [1.54, 1.807) is 16.3 Å². The van der Waals surface area contributed by atoms with Gasteiger partial charge in [-0.2, -0.15) is 0 Å². The van der Waals surface area contributed by atoms with Crippen LogP contribution in [-0.2, 0) is 0 Å². The van der Waals surface area contributed by atoms with Crippen molar-refractivity contribution in [1.82, 2.24) is 20.1 Å². The Kier molecular flexibility index (Phi) is 3.70. The van der Waals surface area contributed by atoms with Gasteiger partial charge in [-0.15, -0.1) is 5.10 Å². The zero-order valence-electron chi connectivity index (χ0n) is 9.69. The topological polar surface area (TPSA) is 62.7 Å². The molecule has 16 heavy (non-hydrogen) atoms. The molecular weight excluding hydrogens is 224 g/mol. The molecule has 0 saturated heterocycles. The van der Waals surface area contributed by atoms with E-state index in [1.165, 1.54) is 0 Å². The van der Waals surface area contributed by atoms with Crippen LogP contribution in [0.1, 0.15) is 32.2 Å². The van der Waals surface area contributed by atoms with Gasteiger partial charge in [-0.1, -0.05) is 18.7 Å². The Hall–Kier alpha value is -0.750. The molecule has 1 aromatic rings. The molecule has 90 valence electrons. The van der Waals surface area contributed by atoms with Crippen molar-refractivity contribution in [2.75, 3.05) is 12.8 Å². The minimum absolute atomic E-state index is 0.0671. The first kappa shape index (κ1) is 11.7. The summed E-state index contributed by atoms with van der Waals surface area (Å²) in [6.45, 7) is 2.15. The lowest BCUT2D eigenvalue weighted by molar-refractivity contribution is 0.597. The molecule has 6 heteroatoms. The van der Waals surface area contributed by atoms with E-state index in [2.05, 4.69) is 22.4 Å². The van der Waals surface area contributed by atoms with Gasteiger partial charge < -0.3 is 5.32 Å². The third kappa shape index (κ3) is 2.49. The van der Waals surface area contributed by atoms with E-state index in [9.17, 15) is 4.79 Å². The summed E-state index contributed by atoms with van der Waals surface area (Å²) in [4.78, 5) is 11.5. The third-order valence-electron chi connectivity index (χ3n) is 2.90. The molecule has 0 aromatic carbocycles. The van der Waals surface area contributed by atoms with Gasteiger partial charge in [0.05, 0.1) is 0 Å². The number of nitrogens with one attached hydrogen (secondary N) is 2. The highest BCUT2D eigenvalue weighted by molar-refractivity contribution is 7.99. The number of rotatable bonds is 6. The van der Waals surface area contributed by atoms with Crippen LogP contribution in [0.3, 0.4) is 0 Å². The lowest BCUT2D eigenvalue weighted by Crippen LogP contribution is -2.27. The van der Waals surface area contributed by atoms with Gasteiger partial charge in [-0.25, -0.2) is 9.89 Å². The summed E-state index contributed by atoms with van der Waals surface area (Å²) >= 11 is 1.65. The maximum absolute atomic E-state index is 11.5. The smallest absolute Gasteiger partial charge is 0.316 e. The highest BCUT2D eigenvalue weighted by Crippen LogP contribution is 2.36. The van der Waals surface area contributed by atoms with Crippen LogP contribution in [0.5, 0.6) is 0 Å². The molecule has 1 aromatic heterocycles. The van der Waals surface area contributed by atoms with Gasteiger partial charge in [-0.05, 0) is 26.3 Å². The lowest BCUT2D eigenvalue weighted by atomic mass is 10.3. The first-order valence-electron chi connectivity index (χ1n) is 5.73. The summed E-state index contributed by atoms with van der Waals surface area (Å²) in [6.07, 6.45) is 3.30. The minimum Gasteiger partial charge on any atom is -0.316 e. The summed E-state index contributed by atoms with van der Waals surface area (Å²) in [7, 11) is 1.97. The van der Waals surface area contributed by atoms with Gasteiger partial charge in [0.2, 0.25) is 0 Å². The quantitative estimate of drug-likeness (QED) is 0.730. The highest BCUT2D eigenvalue weighted by atomic mass is 32.2. The molecule has 2 N–H and O–H groups in total. The van der Waals surface area contributed by atoms with Crippen molar-refractivity contribution in [3.63, 3.8) is 0 Å². The van der Waals surface area contributed by atoms with E-state index in [1.807, 2.05) is 7.05 Å². The Labute approximate surface area is 99.0 Å². The first-order chi connectivity index (χ1) is 7.76. The second kappa shape index (κ2) is 5.05. The van der Waals surface area contributed by atoms with Crippen LogP contribution in [-0.4, -0.2) is 33.6 Å². The Bertz CT molecular complexity index is 392. The molecule has 1 saturated carbocycles. The maximum Gasteiger partial charge on any atom is 0.344 e. The number of aromatic amines is 1. The molecule has 0 bridgehead atoms. The largest absolute Gasteiger partial charge is 0.344 e. The number of thioether (sulfide) groups is 1. The molecule has 1 heterocycles. The van der Waals surface area contributed by atoms with Crippen molar-refractivity contribution in [3.05, 3.63) is 10.5 Å². The summed E-state index contributed by atoms with van der Waals surface area (Å²) in [6, 6.07) is 0.868. The maximum atomic E-state index is 11.5. The second-order valence-electron chi connectivity index (χ2n) is 4.12. The summed E-state index contributed by atoms with van der Waals surface area (Å²) in [5, 5.41) is 10.7. The fourth-order valence-electron chi connectivity index (χ4n) is 1.63. The minimum atomic E-state index is -0.0671. The Morgan fingerprint density at radius 3 is 3.00 bits per heavy atom. The molecule has 1 aliphatic carbocycles. The average Bonchev–Trinajstić information content (AvgIpc) is 3.05. The third-order valence-corrected chi connectivity index (χ3v) is 4.01. The average molecular weight is 242 g/mol. The zero-order valence-corrected chi connectivity index (χ0v) is 10.5. The molecule has 1 aliphatic rings. The molecule has 0 amide bonds. The number of nitrogens with zero attached hydrogens (tertiary/aromatic N) is 2. The lowest BCUT2D eigenvalue weighted by Gasteiger charge is -2.12. The summed E-state index contributed by atoms with van der Waals surface area (Å²) in [5.41, 5.74) is -0.0671. The van der Waals surface area contributed by atoms with Crippen molar-refractivity contribution in [3.8, 4) is 0 Å². The summed E-state index contributed by atoms with van der Waals surface area (Å²) in [5.74, 6) is 0.948. The molecule has 1 fully saturated rings. The normalized spacial score (nSPS) is 17.6. The van der Waals surface area contributed by atoms with E-state index in [0.29, 0.717) is 12.1 Å². The van der Waals surface area contributed by atoms with Gasteiger partial charge >= 0.3 is 5.69 Å². The molecule has 2 rings (SSSR count). The predicted octanol–water partition coefficient (Wildman–Crippen LogP) is 0.996. The molecule has 0 spiro atoms. The van der Waals surface area contributed by atoms with Crippen LogP contribution in [0, 0.1) is 0 Å². The fourth-order valence-corrected chi connectivity index (χ4v) is 2.86. The van der Waals surface area contributed by atoms with Gasteiger partial charge in [0.15, 0.2) is 5.16 Å². The van der Waals surface area contributed by atoms with Crippen LogP contribution in [0.2, 0.25) is 0 Å². The predicted molar refractivity (Wildman–Crippen MR) is 65.0 cm³/mol. The van der Waals surface area contributed by atoms with E-state index in [-0.39, 0.29) is 5.69 Å². The van der Waals surface area contributed by atoms with Crippen molar-refractivity contribution in [1.29, 1.82) is 0 Å². The molecule has 0 aliphatic heterocycles. The number of aromatic nitrogens is 3. The first-order valence-corrected chi connectivity index (χ1v) is 6.71. The van der Waals surface area contributed by atoms with Gasteiger partial charge in [0, 0.05) is 17.8 Å². The Morgan fingerprint density at radius 2 is 2.44 bits per heavy atom. The van der Waals surface area contributed by atoms with E-state index < -0.39 is 0 Å². The number of H-pyrrole nitrogens is 1. The summed E-state index contributed by atoms with van der Waals surface area (Å²) < 4.78 is 1.80. The fraction of sp³-hybridized carbons (Fsp3) is 0.800. The molecule has 1 atom stereocenters. The molecular formula is C10H18N4OS. The molecule has 0 radical (unpaired) electrons. The van der Waals surface area contributed by atoms with Crippen molar-refractivity contribution in [2.45, 2.75) is 43.4 Å². The van der Waals surface area contributed by atoms with Crippen LogP contribution in [0.4, 0.5) is 0 Å². The second-order valence-corrected chi connectivity index (χ2v) is 5.10. The van der Waals surface area contributed by atoms with Crippen LogP contribution in [0.15, 0.2) is 9.95 Å². The number of hydrogen-bond donors (Lipinski definition) is 2. The standard InChI is InChI=1S/C10H18N4OS/c1-3-7(11-2)6-16-10-13-12-9(15)14(10)8-4-5-8/h7-8,11H,3-6H2,1-2H3,(H,12,15). The van der Waals surface area contributed by atoms with Crippen LogP contribution in [0.25, 0.3) is 0 Å². The van der Waals surface area contributed by atoms with Crippen molar-refractivity contribution < 1.29 is 0 Å². The highest BCUT2D eigenvalue weighted by Gasteiger charge is 2.28. The van der Waals surface area contributed by atoms with Crippen LogP contribution < -0.4 is 11.0 Å². The monoisotopic (exact) mass is 242 g/mol. The Balaban J connectivity index is 2.01. The van der Waals surface area contributed by atoms with E-state index in [4.69, 9.17) is 0 Å². The number of hydrogen-bond acceptors (Lipinski definition) is 4. The van der Waals surface area contributed by atoms with Gasteiger partial charge in [-0.3, -0.25) is 4.57 Å². The van der Waals surface area contributed by atoms with Gasteiger partial charge in [0.1, 0.15) is 0 Å². The van der Waals surface area contributed by atoms with E-state index in [0.717, 1.165) is 30.2 Å². The SMILES string of the molecule is CCC(CSc1n[nH]c(=O)n1C1CC1)NC. The van der Waals surface area contributed by atoms with Gasteiger partial charge in [0.25, 0.3) is 0 Å². The molecule has 5 nitrogen and oxygen atoms in total. The van der Waals surface area contributed by atoms with Crippen LogP contribution >= 0.6 is 11.8 Å². The molecule has 1 unspecified atom stereocenters. The zero-order chi connectivity index (χ0) is 11.5.